The third-order valence-corrected chi connectivity index (χ3v) is 1.98. The van der Waals surface area contributed by atoms with Crippen LogP contribution in [0.15, 0.2) is 41.9 Å². The highest BCUT2D eigenvalue weighted by Crippen LogP contribution is 2.06. The number of H-pyrrole nitrogens is 1. The summed E-state index contributed by atoms with van der Waals surface area (Å²) in [6.45, 7) is 3.24. The van der Waals surface area contributed by atoms with Crippen molar-refractivity contribution in [3.8, 4) is 0 Å². The number of esters is 1. The van der Waals surface area contributed by atoms with Crippen LogP contribution in [0, 0.1) is 0 Å². The second-order valence-electron chi connectivity index (χ2n) is 3.00. The number of carbonyl (C=O) groups is 1. The molecule has 1 aromatic heterocycles. The van der Waals surface area contributed by atoms with Crippen molar-refractivity contribution in [2.24, 2.45) is 0 Å². The van der Waals surface area contributed by atoms with Crippen molar-refractivity contribution in [2.75, 3.05) is 0 Å². The fourth-order valence-corrected chi connectivity index (χ4v) is 1.30. The molecule has 0 fully saturated rings. The number of rotatable bonds is 2. The standard InChI is InChI=1S/C11H8N2O3/c1-2-16-11(15)9-10(14)13-8-6-4-3-5-7(8)12-9/h2-6H,1H2,(H,13,14). The number of aromatic nitrogens is 2. The molecule has 5 nitrogen and oxygen atoms in total. The molecule has 80 valence electrons. The predicted octanol–water partition coefficient (Wildman–Crippen LogP) is 1.22. The maximum Gasteiger partial charge on any atom is 0.367 e. The number of hydrogen-bond acceptors (Lipinski definition) is 4. The number of para-hydroxylation sites is 2. The Morgan fingerprint density at radius 3 is 2.94 bits per heavy atom. The van der Waals surface area contributed by atoms with E-state index < -0.39 is 11.5 Å². The fraction of sp³-hybridized carbons (Fsp3) is 0. The number of fused-ring (bicyclic) bond motifs is 1. The first kappa shape index (κ1) is 10.1. The molecule has 1 heterocycles. The number of aromatic amines is 1. The van der Waals surface area contributed by atoms with E-state index >= 15 is 0 Å². The average Bonchev–Trinajstić information content (AvgIpc) is 2.28. The highest BCUT2D eigenvalue weighted by Gasteiger charge is 2.13. The summed E-state index contributed by atoms with van der Waals surface area (Å²) in [6.07, 6.45) is 0.957. The van der Waals surface area contributed by atoms with Gasteiger partial charge in [0.05, 0.1) is 17.3 Å². The van der Waals surface area contributed by atoms with E-state index in [-0.39, 0.29) is 5.69 Å². The number of hydrogen-bond donors (Lipinski definition) is 1. The average molecular weight is 216 g/mol. The molecular weight excluding hydrogens is 208 g/mol. The Kier molecular flexibility index (Phi) is 2.51. The molecule has 0 aliphatic carbocycles. The van der Waals surface area contributed by atoms with E-state index in [4.69, 9.17) is 0 Å². The first-order valence-electron chi connectivity index (χ1n) is 4.53. The summed E-state index contributed by atoms with van der Waals surface area (Å²) in [7, 11) is 0. The highest BCUT2D eigenvalue weighted by molar-refractivity contribution is 5.89. The molecular formula is C11H8N2O3. The van der Waals surface area contributed by atoms with Crippen LogP contribution in [0.2, 0.25) is 0 Å². The van der Waals surface area contributed by atoms with Gasteiger partial charge in [-0.3, -0.25) is 4.79 Å². The first-order chi connectivity index (χ1) is 7.72. The number of carbonyl (C=O) groups excluding carboxylic acids is 1. The third kappa shape index (κ3) is 1.70. The van der Waals surface area contributed by atoms with Crippen molar-refractivity contribution < 1.29 is 9.53 Å². The van der Waals surface area contributed by atoms with Crippen LogP contribution in [0.25, 0.3) is 11.0 Å². The summed E-state index contributed by atoms with van der Waals surface area (Å²) in [6, 6.07) is 6.92. The summed E-state index contributed by atoms with van der Waals surface area (Å²) in [4.78, 5) is 29.3. The van der Waals surface area contributed by atoms with Gasteiger partial charge in [0.1, 0.15) is 0 Å². The van der Waals surface area contributed by atoms with Crippen molar-refractivity contribution in [1.82, 2.24) is 9.97 Å². The summed E-state index contributed by atoms with van der Waals surface area (Å²) >= 11 is 0. The van der Waals surface area contributed by atoms with E-state index in [2.05, 4.69) is 21.3 Å². The molecule has 0 amide bonds. The molecule has 1 aromatic carbocycles. The Balaban J connectivity index is 2.63. The summed E-state index contributed by atoms with van der Waals surface area (Å²) in [5.74, 6) is -0.818. The highest BCUT2D eigenvalue weighted by atomic mass is 16.5. The van der Waals surface area contributed by atoms with Gasteiger partial charge < -0.3 is 9.72 Å². The quantitative estimate of drug-likeness (QED) is 0.605. The Bertz CT molecular complexity index is 616. The maximum atomic E-state index is 11.5. The topological polar surface area (TPSA) is 72.0 Å². The van der Waals surface area contributed by atoms with Crippen molar-refractivity contribution in [2.45, 2.75) is 0 Å². The maximum absolute atomic E-state index is 11.5. The zero-order valence-electron chi connectivity index (χ0n) is 8.27. The number of nitrogens with zero attached hydrogens (tertiary/aromatic N) is 1. The van der Waals surface area contributed by atoms with Crippen molar-refractivity contribution >= 4 is 17.0 Å². The van der Waals surface area contributed by atoms with Gasteiger partial charge in [0, 0.05) is 0 Å². The molecule has 5 heteroatoms. The van der Waals surface area contributed by atoms with Crippen LogP contribution in [-0.4, -0.2) is 15.9 Å². The van der Waals surface area contributed by atoms with E-state index in [1.54, 1.807) is 24.3 Å². The van der Waals surface area contributed by atoms with Gasteiger partial charge in [0.2, 0.25) is 5.69 Å². The van der Waals surface area contributed by atoms with E-state index in [1.807, 2.05) is 0 Å². The lowest BCUT2D eigenvalue weighted by Crippen LogP contribution is -2.20. The summed E-state index contributed by atoms with van der Waals surface area (Å²) in [5.41, 5.74) is 0.241. The lowest BCUT2D eigenvalue weighted by atomic mass is 10.3. The molecule has 2 aromatic rings. The Labute approximate surface area is 90.4 Å². The van der Waals surface area contributed by atoms with Crippen LogP contribution >= 0.6 is 0 Å². The number of nitrogens with one attached hydrogen (secondary N) is 1. The van der Waals surface area contributed by atoms with Crippen LogP contribution in [0.5, 0.6) is 0 Å². The molecule has 0 bridgehead atoms. The predicted molar refractivity (Wildman–Crippen MR) is 58.0 cm³/mol. The Morgan fingerprint density at radius 2 is 2.19 bits per heavy atom. The van der Waals surface area contributed by atoms with Gasteiger partial charge in [-0.1, -0.05) is 18.7 Å². The minimum Gasteiger partial charge on any atom is -0.430 e. The summed E-state index contributed by atoms with van der Waals surface area (Å²) < 4.78 is 4.50. The Hall–Kier alpha value is -2.43. The van der Waals surface area contributed by atoms with Gasteiger partial charge in [-0.2, -0.15) is 0 Å². The molecule has 0 spiro atoms. The molecule has 1 N–H and O–H groups in total. The van der Waals surface area contributed by atoms with Gasteiger partial charge in [0.15, 0.2) is 0 Å². The van der Waals surface area contributed by atoms with E-state index in [0.29, 0.717) is 11.0 Å². The minimum atomic E-state index is -0.818. The van der Waals surface area contributed by atoms with Gasteiger partial charge in [0.25, 0.3) is 5.56 Å². The molecule has 0 aliphatic heterocycles. The second-order valence-corrected chi connectivity index (χ2v) is 3.00. The summed E-state index contributed by atoms with van der Waals surface area (Å²) in [5, 5.41) is 0. The van der Waals surface area contributed by atoms with Crippen LogP contribution in [0.3, 0.4) is 0 Å². The largest absolute Gasteiger partial charge is 0.430 e. The lowest BCUT2D eigenvalue weighted by Gasteiger charge is -2.00. The van der Waals surface area contributed by atoms with Crippen molar-refractivity contribution in [3.05, 3.63) is 53.2 Å². The third-order valence-electron chi connectivity index (χ3n) is 1.98. The van der Waals surface area contributed by atoms with Crippen molar-refractivity contribution in [1.29, 1.82) is 0 Å². The molecule has 16 heavy (non-hydrogen) atoms. The van der Waals surface area contributed by atoms with Crippen molar-refractivity contribution in [3.63, 3.8) is 0 Å². The Morgan fingerprint density at radius 1 is 1.44 bits per heavy atom. The lowest BCUT2D eigenvalue weighted by molar-refractivity contribution is 0.0656. The molecule has 0 aliphatic rings. The SMILES string of the molecule is C=COC(=O)c1nc2ccccc2[nH]c1=O. The van der Waals surface area contributed by atoms with Crippen LogP contribution in [0.4, 0.5) is 0 Å². The van der Waals surface area contributed by atoms with Gasteiger partial charge >= 0.3 is 5.97 Å². The number of benzene rings is 1. The number of ether oxygens (including phenoxy) is 1. The van der Waals surface area contributed by atoms with E-state index in [1.165, 1.54) is 0 Å². The second kappa shape index (κ2) is 3.98. The molecule has 0 atom stereocenters. The normalized spacial score (nSPS) is 10.0. The first-order valence-corrected chi connectivity index (χ1v) is 4.53. The zero-order valence-corrected chi connectivity index (χ0v) is 8.27. The minimum absolute atomic E-state index is 0.279. The molecule has 0 unspecified atom stereocenters. The van der Waals surface area contributed by atoms with Crippen LogP contribution in [0.1, 0.15) is 10.5 Å². The van der Waals surface area contributed by atoms with Crippen LogP contribution in [-0.2, 0) is 4.74 Å². The molecule has 0 saturated heterocycles. The molecule has 2 rings (SSSR count). The van der Waals surface area contributed by atoms with E-state index in [0.717, 1.165) is 6.26 Å². The molecule has 0 saturated carbocycles. The molecule has 0 radical (unpaired) electrons. The van der Waals surface area contributed by atoms with Gasteiger partial charge in [-0.05, 0) is 12.1 Å². The van der Waals surface area contributed by atoms with Gasteiger partial charge in [-0.25, -0.2) is 9.78 Å². The zero-order chi connectivity index (χ0) is 11.5. The van der Waals surface area contributed by atoms with Crippen LogP contribution < -0.4 is 5.56 Å². The smallest absolute Gasteiger partial charge is 0.367 e. The fourth-order valence-electron chi connectivity index (χ4n) is 1.30. The monoisotopic (exact) mass is 216 g/mol. The van der Waals surface area contributed by atoms with E-state index in [9.17, 15) is 9.59 Å². The van der Waals surface area contributed by atoms with Gasteiger partial charge in [-0.15, -0.1) is 0 Å².